The van der Waals surface area contributed by atoms with Crippen molar-refractivity contribution in [1.82, 2.24) is 10.2 Å². The van der Waals surface area contributed by atoms with Crippen LogP contribution in [-0.2, 0) is 6.61 Å². The second kappa shape index (κ2) is 14.8. The van der Waals surface area contributed by atoms with Gasteiger partial charge in [0, 0.05) is 28.8 Å². The minimum atomic E-state index is 0.100. The van der Waals surface area contributed by atoms with E-state index in [9.17, 15) is 0 Å². The molecule has 1 N–H and O–H groups in total. The van der Waals surface area contributed by atoms with E-state index < -0.39 is 0 Å². The average molecular weight is 577 g/mol. The highest BCUT2D eigenvalue weighted by Gasteiger charge is 2.18. The van der Waals surface area contributed by atoms with Gasteiger partial charge in [0.05, 0.1) is 0 Å². The summed E-state index contributed by atoms with van der Waals surface area (Å²) in [6.07, 6.45) is 4.43. The van der Waals surface area contributed by atoms with Crippen LogP contribution in [0.15, 0.2) is 115 Å². The highest BCUT2D eigenvalue weighted by molar-refractivity contribution is 7.10. The molecule has 0 aliphatic carbocycles. The number of fused-ring (bicyclic) bond motifs is 3. The molecule has 0 unspecified atom stereocenters. The van der Waals surface area contributed by atoms with Gasteiger partial charge in [-0.05, 0) is 79.8 Å². The second-order valence-corrected chi connectivity index (χ2v) is 11.6. The van der Waals surface area contributed by atoms with Crippen LogP contribution in [0.3, 0.4) is 0 Å². The fraction of sp³-hybridized carbons (Fsp3) is 0.243. The molecule has 0 fully saturated rings. The summed E-state index contributed by atoms with van der Waals surface area (Å²) in [6.45, 7) is 2.63. The monoisotopic (exact) mass is 576 g/mol. The van der Waals surface area contributed by atoms with E-state index in [4.69, 9.17) is 9.47 Å². The molecule has 0 bridgehead atoms. The van der Waals surface area contributed by atoms with Crippen LogP contribution in [0.25, 0.3) is 16.3 Å². The standard InChI is InChI=1S/C19H21NO.C18H19NOS/c1-20(2)13-7-11-17-16-9-4-3-8-15(16)14-21-19-12-6-5-10-18(17)19;1-19-12-11-17(18-10-5-13-21-18)20-16-9-4-7-14-6-2-3-8-15(14)16/h3-6,8-12H,7,13-14H2,1-2H3;2-10,13,17,19H,11-12H2,1H3/t;17-/m.0/s1. The van der Waals surface area contributed by atoms with Crippen molar-refractivity contribution < 1.29 is 9.47 Å². The van der Waals surface area contributed by atoms with E-state index >= 15 is 0 Å². The van der Waals surface area contributed by atoms with Crippen LogP contribution in [-0.4, -0.2) is 39.1 Å². The summed E-state index contributed by atoms with van der Waals surface area (Å²) in [6, 6.07) is 35.7. The van der Waals surface area contributed by atoms with Gasteiger partial charge in [-0.3, -0.25) is 0 Å². The first-order valence-electron chi connectivity index (χ1n) is 14.6. The molecule has 0 spiro atoms. The maximum absolute atomic E-state index is 6.34. The Morgan fingerprint density at radius 2 is 1.64 bits per heavy atom. The van der Waals surface area contributed by atoms with Gasteiger partial charge in [-0.1, -0.05) is 91.0 Å². The van der Waals surface area contributed by atoms with Crippen LogP contribution < -0.4 is 14.8 Å². The van der Waals surface area contributed by atoms with Gasteiger partial charge in [0.2, 0.25) is 0 Å². The zero-order chi connectivity index (χ0) is 29.1. The van der Waals surface area contributed by atoms with E-state index in [1.165, 1.54) is 37.9 Å². The number of nitrogens with zero attached hydrogens (tertiary/aromatic N) is 1. The third kappa shape index (κ3) is 7.48. The average Bonchev–Trinajstić information content (AvgIpc) is 3.51. The van der Waals surface area contributed by atoms with Crippen molar-refractivity contribution in [3.05, 3.63) is 136 Å². The quantitative estimate of drug-likeness (QED) is 0.191. The molecule has 2 heterocycles. The highest BCUT2D eigenvalue weighted by atomic mass is 32.1. The molecule has 1 aliphatic rings. The molecule has 4 nitrogen and oxygen atoms in total. The Labute approximate surface area is 254 Å². The second-order valence-electron chi connectivity index (χ2n) is 10.6. The van der Waals surface area contributed by atoms with E-state index in [1.54, 1.807) is 11.3 Å². The molecule has 4 aromatic carbocycles. The third-order valence-electron chi connectivity index (χ3n) is 7.33. The SMILES string of the molecule is CN(C)CCC=C1c2ccccc2COc2ccccc21.CNCC[C@H](Oc1cccc2ccccc12)c1cccs1. The fourth-order valence-corrected chi connectivity index (χ4v) is 5.96. The van der Waals surface area contributed by atoms with E-state index in [2.05, 4.69) is 133 Å². The molecular formula is C37H40N2O2S. The van der Waals surface area contributed by atoms with Crippen molar-refractivity contribution in [2.75, 3.05) is 34.2 Å². The normalized spacial score (nSPS) is 13.9. The first kappa shape index (κ1) is 29.6. The van der Waals surface area contributed by atoms with Gasteiger partial charge in [-0.25, -0.2) is 0 Å². The predicted octanol–water partition coefficient (Wildman–Crippen LogP) is 8.59. The summed E-state index contributed by atoms with van der Waals surface area (Å²) in [7, 11) is 6.19. The Bertz CT molecular complexity index is 1540. The Balaban J connectivity index is 0.000000168. The summed E-state index contributed by atoms with van der Waals surface area (Å²) < 4.78 is 12.3. The van der Waals surface area contributed by atoms with E-state index in [1.807, 2.05) is 13.1 Å². The van der Waals surface area contributed by atoms with Crippen LogP contribution in [0.1, 0.15) is 40.5 Å². The zero-order valence-corrected chi connectivity index (χ0v) is 25.6. The lowest BCUT2D eigenvalue weighted by Crippen LogP contribution is -2.15. The van der Waals surface area contributed by atoms with Crippen LogP contribution in [0.4, 0.5) is 0 Å². The van der Waals surface area contributed by atoms with E-state index in [0.29, 0.717) is 6.61 Å². The molecular weight excluding hydrogens is 536 g/mol. The minimum absolute atomic E-state index is 0.100. The van der Waals surface area contributed by atoms with Crippen molar-refractivity contribution in [2.45, 2.75) is 25.6 Å². The zero-order valence-electron chi connectivity index (χ0n) is 24.8. The van der Waals surface area contributed by atoms with Gasteiger partial charge >= 0.3 is 0 Å². The van der Waals surface area contributed by atoms with Crippen molar-refractivity contribution >= 4 is 27.7 Å². The predicted molar refractivity (Wildman–Crippen MR) is 178 cm³/mol. The maximum atomic E-state index is 6.34. The van der Waals surface area contributed by atoms with E-state index in [0.717, 1.165) is 37.4 Å². The number of hydrogen-bond donors (Lipinski definition) is 1. The molecule has 1 aromatic heterocycles. The number of para-hydroxylation sites is 1. The summed E-state index contributed by atoms with van der Waals surface area (Å²) in [5.41, 5.74) is 5.03. The minimum Gasteiger partial charge on any atom is -0.488 e. The lowest BCUT2D eigenvalue weighted by Gasteiger charge is -2.19. The lowest BCUT2D eigenvalue weighted by molar-refractivity contribution is 0.201. The van der Waals surface area contributed by atoms with Crippen LogP contribution >= 0.6 is 11.3 Å². The smallest absolute Gasteiger partial charge is 0.134 e. The Morgan fingerprint density at radius 1 is 0.881 bits per heavy atom. The Kier molecular flexibility index (Phi) is 10.4. The third-order valence-corrected chi connectivity index (χ3v) is 8.29. The molecule has 0 amide bonds. The maximum Gasteiger partial charge on any atom is 0.134 e. The summed E-state index contributed by atoms with van der Waals surface area (Å²) in [5, 5.41) is 7.70. The van der Waals surface area contributed by atoms with Gasteiger partial charge in [0.25, 0.3) is 0 Å². The molecule has 42 heavy (non-hydrogen) atoms. The molecule has 0 radical (unpaired) electrons. The molecule has 5 aromatic rings. The first-order chi connectivity index (χ1) is 20.6. The summed E-state index contributed by atoms with van der Waals surface area (Å²) in [5.74, 6) is 1.94. The van der Waals surface area contributed by atoms with Crippen molar-refractivity contribution in [2.24, 2.45) is 0 Å². The number of rotatable bonds is 9. The summed E-state index contributed by atoms with van der Waals surface area (Å²) in [4.78, 5) is 3.49. The number of thiophene rings is 1. The summed E-state index contributed by atoms with van der Waals surface area (Å²) >= 11 is 1.75. The topological polar surface area (TPSA) is 33.7 Å². The number of nitrogens with one attached hydrogen (secondary N) is 1. The number of hydrogen-bond acceptors (Lipinski definition) is 5. The van der Waals surface area contributed by atoms with Gasteiger partial charge in [-0.15, -0.1) is 11.3 Å². The molecule has 5 heteroatoms. The molecule has 216 valence electrons. The van der Waals surface area contributed by atoms with Gasteiger partial charge in [-0.2, -0.15) is 0 Å². The van der Waals surface area contributed by atoms with Crippen LogP contribution in [0, 0.1) is 0 Å². The Hall–Kier alpha value is -3.90. The van der Waals surface area contributed by atoms with Crippen molar-refractivity contribution in [3.8, 4) is 11.5 Å². The Morgan fingerprint density at radius 3 is 2.45 bits per heavy atom. The van der Waals surface area contributed by atoms with Gasteiger partial charge < -0.3 is 19.7 Å². The lowest BCUT2D eigenvalue weighted by atomic mass is 9.93. The molecule has 1 aliphatic heterocycles. The van der Waals surface area contributed by atoms with E-state index in [-0.39, 0.29) is 6.10 Å². The molecule has 6 rings (SSSR count). The highest BCUT2D eigenvalue weighted by Crippen LogP contribution is 2.37. The van der Waals surface area contributed by atoms with Crippen molar-refractivity contribution in [1.29, 1.82) is 0 Å². The fourth-order valence-electron chi connectivity index (χ4n) is 5.17. The van der Waals surface area contributed by atoms with Crippen LogP contribution in [0.2, 0.25) is 0 Å². The van der Waals surface area contributed by atoms with Crippen molar-refractivity contribution in [3.63, 3.8) is 0 Å². The first-order valence-corrected chi connectivity index (χ1v) is 15.5. The molecule has 0 saturated heterocycles. The largest absolute Gasteiger partial charge is 0.488 e. The number of ether oxygens (including phenoxy) is 2. The van der Waals surface area contributed by atoms with Crippen LogP contribution in [0.5, 0.6) is 11.5 Å². The van der Waals surface area contributed by atoms with Gasteiger partial charge in [0.15, 0.2) is 0 Å². The number of benzene rings is 4. The molecule has 1 atom stereocenters. The van der Waals surface area contributed by atoms with Gasteiger partial charge in [0.1, 0.15) is 24.2 Å². The molecule has 0 saturated carbocycles.